The second-order valence-electron chi connectivity index (χ2n) is 6.86. The summed E-state index contributed by atoms with van der Waals surface area (Å²) < 4.78 is 32.3. The number of nitriles is 2. The topological polar surface area (TPSA) is 103 Å². The molecule has 0 aromatic heterocycles. The summed E-state index contributed by atoms with van der Waals surface area (Å²) in [5.74, 6) is 1.88. The SMILES string of the molecule is COc1cc(C(C#N)CCC(C#N)c2cc(OC)c(OC)c(OC)c2)cc(OC)c1OC. The molecule has 8 nitrogen and oxygen atoms in total. The predicted octanol–water partition coefficient (Wildman–Crippen LogP) is 4.43. The van der Waals surface area contributed by atoms with Gasteiger partial charge >= 0.3 is 0 Å². The molecule has 2 aromatic carbocycles. The fourth-order valence-corrected chi connectivity index (χ4v) is 3.55. The van der Waals surface area contributed by atoms with Gasteiger partial charge in [0.2, 0.25) is 11.5 Å². The van der Waals surface area contributed by atoms with Crippen LogP contribution in [0.25, 0.3) is 0 Å². The van der Waals surface area contributed by atoms with Crippen LogP contribution in [0.2, 0.25) is 0 Å². The maximum absolute atomic E-state index is 9.82. The highest BCUT2D eigenvalue weighted by Crippen LogP contribution is 2.43. The summed E-state index contributed by atoms with van der Waals surface area (Å²) in [4.78, 5) is 0. The van der Waals surface area contributed by atoms with Crippen molar-refractivity contribution in [3.63, 3.8) is 0 Å². The molecule has 0 aliphatic rings. The van der Waals surface area contributed by atoms with E-state index in [-0.39, 0.29) is 0 Å². The number of hydrogen-bond acceptors (Lipinski definition) is 8. The first-order chi connectivity index (χ1) is 15.5. The van der Waals surface area contributed by atoms with E-state index in [9.17, 15) is 10.5 Å². The Balaban J connectivity index is 2.33. The summed E-state index contributed by atoms with van der Waals surface area (Å²) >= 11 is 0. The van der Waals surface area contributed by atoms with Crippen LogP contribution in [0.5, 0.6) is 34.5 Å². The van der Waals surface area contributed by atoms with Gasteiger partial charge < -0.3 is 28.4 Å². The lowest BCUT2D eigenvalue weighted by atomic mass is 9.88. The molecular weight excluding hydrogens is 412 g/mol. The molecule has 0 heterocycles. The van der Waals surface area contributed by atoms with E-state index < -0.39 is 11.8 Å². The number of methoxy groups -OCH3 is 6. The second-order valence-corrected chi connectivity index (χ2v) is 6.86. The number of rotatable bonds is 11. The Morgan fingerprint density at radius 2 is 0.844 bits per heavy atom. The summed E-state index contributed by atoms with van der Waals surface area (Å²) in [7, 11) is 9.15. The van der Waals surface area contributed by atoms with Gasteiger partial charge in [-0.2, -0.15) is 10.5 Å². The molecular formula is C24H28N2O6. The van der Waals surface area contributed by atoms with Crippen LogP contribution in [0.1, 0.15) is 35.8 Å². The van der Waals surface area contributed by atoms with Gasteiger partial charge in [-0.25, -0.2) is 0 Å². The van der Waals surface area contributed by atoms with Crippen molar-refractivity contribution in [3.8, 4) is 46.6 Å². The van der Waals surface area contributed by atoms with E-state index in [4.69, 9.17) is 28.4 Å². The molecule has 0 saturated heterocycles. The largest absolute Gasteiger partial charge is 0.493 e. The molecule has 0 saturated carbocycles. The number of benzene rings is 2. The second kappa shape index (κ2) is 11.6. The van der Waals surface area contributed by atoms with Crippen molar-refractivity contribution in [2.75, 3.05) is 42.7 Å². The minimum absolute atomic E-state index is 0.448. The molecule has 2 unspecified atom stereocenters. The van der Waals surface area contributed by atoms with Crippen molar-refractivity contribution in [2.45, 2.75) is 24.7 Å². The van der Waals surface area contributed by atoms with Gasteiger partial charge in [0.15, 0.2) is 23.0 Å². The van der Waals surface area contributed by atoms with Crippen molar-refractivity contribution in [1.29, 1.82) is 10.5 Å². The molecule has 2 rings (SSSR count). The van der Waals surface area contributed by atoms with Crippen LogP contribution in [0.3, 0.4) is 0 Å². The van der Waals surface area contributed by atoms with Crippen LogP contribution in [-0.2, 0) is 0 Å². The molecule has 0 aliphatic heterocycles. The van der Waals surface area contributed by atoms with Gasteiger partial charge in [0.1, 0.15) is 0 Å². The van der Waals surface area contributed by atoms with E-state index in [1.165, 1.54) is 42.7 Å². The summed E-state index contributed by atoms with van der Waals surface area (Å²) in [6.07, 6.45) is 0.897. The van der Waals surface area contributed by atoms with Crippen LogP contribution < -0.4 is 28.4 Å². The third-order valence-corrected chi connectivity index (χ3v) is 5.23. The minimum atomic E-state index is -0.471. The van der Waals surface area contributed by atoms with Gasteiger partial charge in [0.25, 0.3) is 0 Å². The number of ether oxygens (including phenoxy) is 6. The highest BCUT2D eigenvalue weighted by atomic mass is 16.5. The first kappa shape index (κ1) is 24.5. The van der Waals surface area contributed by atoms with Crippen molar-refractivity contribution in [3.05, 3.63) is 35.4 Å². The molecule has 170 valence electrons. The van der Waals surface area contributed by atoms with E-state index in [0.717, 1.165) is 11.1 Å². The Morgan fingerprint density at radius 1 is 0.562 bits per heavy atom. The molecule has 0 amide bonds. The van der Waals surface area contributed by atoms with Crippen LogP contribution in [0, 0.1) is 22.7 Å². The lowest BCUT2D eigenvalue weighted by molar-refractivity contribution is 0.323. The Morgan fingerprint density at radius 3 is 1.03 bits per heavy atom. The van der Waals surface area contributed by atoms with Crippen molar-refractivity contribution in [1.82, 2.24) is 0 Å². The van der Waals surface area contributed by atoms with E-state index in [1.807, 2.05) is 0 Å². The van der Waals surface area contributed by atoms with E-state index >= 15 is 0 Å². The third-order valence-electron chi connectivity index (χ3n) is 5.23. The zero-order valence-corrected chi connectivity index (χ0v) is 19.2. The van der Waals surface area contributed by atoms with Gasteiger partial charge in [0.05, 0.1) is 66.6 Å². The monoisotopic (exact) mass is 440 g/mol. The van der Waals surface area contributed by atoms with Crippen LogP contribution >= 0.6 is 0 Å². The summed E-state index contributed by atoms with van der Waals surface area (Å²) in [5, 5.41) is 19.6. The molecule has 2 atom stereocenters. The highest BCUT2D eigenvalue weighted by molar-refractivity contribution is 5.56. The quantitative estimate of drug-likeness (QED) is 0.505. The first-order valence-corrected chi connectivity index (χ1v) is 9.90. The lowest BCUT2D eigenvalue weighted by Gasteiger charge is -2.19. The molecule has 0 fully saturated rings. The molecule has 0 bridgehead atoms. The standard InChI is InChI=1S/C24H28N2O6/c1-27-19-9-17(10-20(28-2)23(19)31-5)15(13-25)7-8-16(14-26)18-11-21(29-3)24(32-6)22(12-18)30-4/h9-12,15-16H,7-8H2,1-6H3. The van der Waals surface area contributed by atoms with Crippen LogP contribution in [0.4, 0.5) is 0 Å². The Labute approximate surface area is 188 Å². The Hall–Kier alpha value is -3.78. The zero-order chi connectivity index (χ0) is 23.7. The van der Waals surface area contributed by atoms with Gasteiger partial charge in [0, 0.05) is 0 Å². The molecule has 0 spiro atoms. The summed E-state index contributed by atoms with van der Waals surface area (Å²) in [6.45, 7) is 0. The van der Waals surface area contributed by atoms with Crippen LogP contribution in [0.15, 0.2) is 24.3 Å². The maximum Gasteiger partial charge on any atom is 0.203 e. The van der Waals surface area contributed by atoms with Gasteiger partial charge in [-0.15, -0.1) is 0 Å². The summed E-state index contributed by atoms with van der Waals surface area (Å²) in [6, 6.07) is 11.7. The van der Waals surface area contributed by atoms with Crippen molar-refractivity contribution in [2.24, 2.45) is 0 Å². The van der Waals surface area contributed by atoms with Crippen molar-refractivity contribution < 1.29 is 28.4 Å². The Kier molecular flexibility index (Phi) is 8.85. The highest BCUT2D eigenvalue weighted by Gasteiger charge is 2.23. The first-order valence-electron chi connectivity index (χ1n) is 9.90. The fourth-order valence-electron chi connectivity index (χ4n) is 3.55. The fraction of sp³-hybridized carbons (Fsp3) is 0.417. The van der Waals surface area contributed by atoms with Gasteiger partial charge in [-0.1, -0.05) is 0 Å². The number of hydrogen-bond donors (Lipinski definition) is 0. The van der Waals surface area contributed by atoms with E-state index in [1.54, 1.807) is 24.3 Å². The van der Waals surface area contributed by atoms with Gasteiger partial charge in [-0.3, -0.25) is 0 Å². The minimum Gasteiger partial charge on any atom is -0.493 e. The smallest absolute Gasteiger partial charge is 0.203 e. The number of nitrogens with zero attached hydrogens (tertiary/aromatic N) is 2. The molecule has 0 aliphatic carbocycles. The molecule has 2 aromatic rings. The third kappa shape index (κ3) is 5.09. The predicted molar refractivity (Wildman–Crippen MR) is 118 cm³/mol. The van der Waals surface area contributed by atoms with Gasteiger partial charge in [-0.05, 0) is 48.2 Å². The molecule has 32 heavy (non-hydrogen) atoms. The van der Waals surface area contributed by atoms with Crippen molar-refractivity contribution >= 4 is 0 Å². The van der Waals surface area contributed by atoms with E-state index in [0.29, 0.717) is 47.3 Å². The normalized spacial score (nSPS) is 12.0. The zero-order valence-electron chi connectivity index (χ0n) is 19.2. The Bertz CT molecular complexity index is 877. The maximum atomic E-state index is 9.82. The molecule has 0 N–H and O–H groups in total. The van der Waals surface area contributed by atoms with E-state index in [2.05, 4.69) is 12.1 Å². The molecule has 0 radical (unpaired) electrons. The average Bonchev–Trinajstić information content (AvgIpc) is 2.84. The summed E-state index contributed by atoms with van der Waals surface area (Å²) in [5.41, 5.74) is 1.45. The average molecular weight is 440 g/mol. The lowest BCUT2D eigenvalue weighted by Crippen LogP contribution is -2.05. The molecule has 8 heteroatoms. The van der Waals surface area contributed by atoms with Crippen LogP contribution in [-0.4, -0.2) is 42.7 Å².